The van der Waals surface area contributed by atoms with E-state index in [1.165, 1.54) is 6.20 Å². The Morgan fingerprint density at radius 3 is 2.50 bits per heavy atom. The van der Waals surface area contributed by atoms with Gasteiger partial charge in [-0.3, -0.25) is 0 Å². The van der Waals surface area contributed by atoms with Crippen molar-refractivity contribution in [3.8, 4) is 34.9 Å². The van der Waals surface area contributed by atoms with E-state index in [4.69, 9.17) is 10.00 Å². The highest BCUT2D eigenvalue weighted by Gasteiger charge is 2.30. The number of hydrogen-bond acceptors (Lipinski definition) is 7. The molecule has 7 nitrogen and oxygen atoms in total. The van der Waals surface area contributed by atoms with Gasteiger partial charge in [0.05, 0.1) is 35.1 Å². The van der Waals surface area contributed by atoms with Crippen LogP contribution in [-0.4, -0.2) is 36.5 Å². The highest BCUT2D eigenvalue weighted by Crippen LogP contribution is 2.40. The van der Waals surface area contributed by atoms with E-state index in [1.54, 1.807) is 24.3 Å². The van der Waals surface area contributed by atoms with E-state index < -0.39 is 6.23 Å². The molecule has 1 aromatic heterocycles. The Hall–Kier alpha value is -4.07. The largest absolute Gasteiger partial charge is 0.439 e. The topological polar surface area (TPSA) is 96.4 Å². The van der Waals surface area contributed by atoms with E-state index in [1.807, 2.05) is 36.2 Å². The molecule has 34 heavy (non-hydrogen) atoms. The number of rotatable bonds is 4. The summed E-state index contributed by atoms with van der Waals surface area (Å²) >= 11 is 0. The van der Waals surface area contributed by atoms with Gasteiger partial charge in [-0.1, -0.05) is 26.8 Å². The van der Waals surface area contributed by atoms with Crippen LogP contribution in [0.1, 0.15) is 31.9 Å². The van der Waals surface area contributed by atoms with Crippen molar-refractivity contribution in [3.05, 3.63) is 65.9 Å². The Bertz CT molecular complexity index is 1280. The Balaban J connectivity index is 1.72. The van der Waals surface area contributed by atoms with Crippen molar-refractivity contribution in [2.75, 3.05) is 29.9 Å². The minimum absolute atomic E-state index is 0.0741. The lowest BCUT2D eigenvalue weighted by atomic mass is 9.94. The molecule has 3 aromatic rings. The molecule has 172 valence electrons. The van der Waals surface area contributed by atoms with Gasteiger partial charge in [-0.05, 0) is 47.4 Å². The molecule has 0 aliphatic carbocycles. The van der Waals surface area contributed by atoms with Gasteiger partial charge in [-0.25, -0.2) is 4.98 Å². The number of aliphatic hydroxyl groups is 1. The number of hydrogen-bond donors (Lipinski definition) is 1. The minimum Gasteiger partial charge on any atom is -0.439 e. The molecule has 0 saturated heterocycles. The number of aromatic nitrogens is 1. The number of likely N-dealkylation sites (N-methyl/N-ethyl adjacent to an activating group) is 1. The first kappa shape index (κ1) is 23.1. The molecule has 0 spiro atoms. The number of fused-ring (bicyclic) bond motifs is 1. The number of benzene rings is 2. The average Bonchev–Trinajstić information content (AvgIpc) is 2.81. The van der Waals surface area contributed by atoms with Crippen molar-refractivity contribution >= 4 is 11.4 Å². The van der Waals surface area contributed by atoms with E-state index in [2.05, 4.69) is 42.8 Å². The molecule has 4 rings (SSSR count). The van der Waals surface area contributed by atoms with Crippen LogP contribution in [0.3, 0.4) is 0 Å². The SMILES string of the molecule is CN1c2cc(-c3cc(Oc4ccc(C#N)cn4)ccc3C#N)ccc2N(CC(C)(C)C)CC1O. The van der Waals surface area contributed by atoms with Crippen LogP contribution >= 0.6 is 0 Å². The van der Waals surface area contributed by atoms with Crippen LogP contribution in [0.15, 0.2) is 54.7 Å². The average molecular weight is 454 g/mol. The van der Waals surface area contributed by atoms with Crippen LogP contribution in [-0.2, 0) is 0 Å². The Morgan fingerprint density at radius 1 is 1.06 bits per heavy atom. The Morgan fingerprint density at radius 2 is 1.85 bits per heavy atom. The number of aliphatic hydroxyl groups excluding tert-OH is 1. The predicted molar refractivity (Wildman–Crippen MR) is 132 cm³/mol. The van der Waals surface area contributed by atoms with Crippen LogP contribution in [0.25, 0.3) is 11.1 Å². The smallest absolute Gasteiger partial charge is 0.219 e. The zero-order valence-corrected chi connectivity index (χ0v) is 19.8. The fourth-order valence-electron chi connectivity index (χ4n) is 4.09. The van der Waals surface area contributed by atoms with Gasteiger partial charge < -0.3 is 19.6 Å². The van der Waals surface area contributed by atoms with E-state index in [9.17, 15) is 10.4 Å². The Kier molecular flexibility index (Phi) is 6.15. The highest BCUT2D eigenvalue weighted by atomic mass is 16.5. The summed E-state index contributed by atoms with van der Waals surface area (Å²) in [5.74, 6) is 0.896. The van der Waals surface area contributed by atoms with Gasteiger partial charge in [-0.15, -0.1) is 0 Å². The fourth-order valence-corrected chi connectivity index (χ4v) is 4.09. The first-order valence-electron chi connectivity index (χ1n) is 11.1. The molecule has 7 heteroatoms. The fraction of sp³-hybridized carbons (Fsp3) is 0.296. The van der Waals surface area contributed by atoms with E-state index >= 15 is 0 Å². The number of ether oxygens (including phenoxy) is 1. The van der Waals surface area contributed by atoms with Gasteiger partial charge in [0.15, 0.2) is 0 Å². The van der Waals surface area contributed by atoms with E-state index in [0.717, 1.165) is 29.0 Å². The zero-order valence-electron chi connectivity index (χ0n) is 19.8. The lowest BCUT2D eigenvalue weighted by Gasteiger charge is -2.43. The quantitative estimate of drug-likeness (QED) is 0.600. The van der Waals surface area contributed by atoms with Gasteiger partial charge in [0.1, 0.15) is 18.0 Å². The standard InChI is InChI=1S/C27H27N5O2/c1-27(2,3)17-32-16-26(33)31(4)24-11-19(7-9-23(24)32)22-12-21(8-6-20(22)14-29)34-25-10-5-18(13-28)15-30-25/h5-12,15,26,33H,16-17H2,1-4H3. The second kappa shape index (κ2) is 9.05. The number of nitriles is 2. The van der Waals surface area contributed by atoms with Crippen molar-refractivity contribution in [2.24, 2.45) is 5.41 Å². The van der Waals surface area contributed by atoms with Gasteiger partial charge in [0, 0.05) is 31.4 Å². The van der Waals surface area contributed by atoms with Crippen molar-refractivity contribution in [2.45, 2.75) is 27.0 Å². The first-order valence-corrected chi connectivity index (χ1v) is 11.1. The van der Waals surface area contributed by atoms with E-state index in [-0.39, 0.29) is 5.41 Å². The molecule has 1 N–H and O–H groups in total. The molecule has 0 saturated carbocycles. The maximum atomic E-state index is 10.7. The molecule has 2 aromatic carbocycles. The first-order chi connectivity index (χ1) is 16.2. The van der Waals surface area contributed by atoms with Crippen molar-refractivity contribution < 1.29 is 9.84 Å². The third-order valence-corrected chi connectivity index (χ3v) is 5.70. The molecule has 2 heterocycles. The molecule has 1 unspecified atom stereocenters. The highest BCUT2D eigenvalue weighted by molar-refractivity contribution is 5.82. The number of nitrogens with zero attached hydrogens (tertiary/aromatic N) is 5. The van der Waals surface area contributed by atoms with Crippen LogP contribution < -0.4 is 14.5 Å². The number of anilines is 2. The summed E-state index contributed by atoms with van der Waals surface area (Å²) in [4.78, 5) is 8.23. The predicted octanol–water partition coefficient (Wildman–Crippen LogP) is 4.90. The van der Waals surface area contributed by atoms with Gasteiger partial charge in [0.2, 0.25) is 5.88 Å². The summed E-state index contributed by atoms with van der Waals surface area (Å²) in [7, 11) is 1.88. The summed E-state index contributed by atoms with van der Waals surface area (Å²) in [6.07, 6.45) is 0.825. The molecular weight excluding hydrogens is 426 g/mol. The molecule has 0 bridgehead atoms. The molecule has 1 atom stereocenters. The second-order valence-corrected chi connectivity index (χ2v) is 9.65. The maximum Gasteiger partial charge on any atom is 0.219 e. The van der Waals surface area contributed by atoms with Crippen LogP contribution in [0, 0.1) is 28.1 Å². The van der Waals surface area contributed by atoms with Crippen molar-refractivity contribution in [1.29, 1.82) is 10.5 Å². The van der Waals surface area contributed by atoms with Crippen LogP contribution in [0.4, 0.5) is 11.4 Å². The van der Waals surface area contributed by atoms with Gasteiger partial charge in [-0.2, -0.15) is 10.5 Å². The molecule has 0 amide bonds. The van der Waals surface area contributed by atoms with Crippen LogP contribution in [0.2, 0.25) is 0 Å². The van der Waals surface area contributed by atoms with Gasteiger partial charge >= 0.3 is 0 Å². The minimum atomic E-state index is -0.627. The summed E-state index contributed by atoms with van der Waals surface area (Å²) in [6, 6.07) is 18.9. The second-order valence-electron chi connectivity index (χ2n) is 9.65. The lowest BCUT2D eigenvalue weighted by molar-refractivity contribution is 0.172. The Labute approximate surface area is 200 Å². The van der Waals surface area contributed by atoms with Crippen molar-refractivity contribution in [3.63, 3.8) is 0 Å². The summed E-state index contributed by atoms with van der Waals surface area (Å²) in [5.41, 5.74) is 4.59. The third kappa shape index (κ3) is 4.80. The zero-order chi connectivity index (χ0) is 24.5. The molecule has 1 aliphatic heterocycles. The summed E-state index contributed by atoms with van der Waals surface area (Å²) < 4.78 is 5.87. The summed E-state index contributed by atoms with van der Waals surface area (Å²) in [5, 5.41) is 29.4. The van der Waals surface area contributed by atoms with Gasteiger partial charge in [0.25, 0.3) is 0 Å². The monoisotopic (exact) mass is 453 g/mol. The third-order valence-electron chi connectivity index (χ3n) is 5.70. The molecule has 0 fully saturated rings. The molecule has 0 radical (unpaired) electrons. The van der Waals surface area contributed by atoms with Crippen molar-refractivity contribution in [1.82, 2.24) is 4.98 Å². The number of β-amino-alcohol motifs (C(OH)–C–C–N with tert-alkyl or cyclic N) is 1. The maximum absolute atomic E-state index is 10.7. The normalized spacial score (nSPS) is 15.3. The number of pyridine rings is 1. The van der Waals surface area contributed by atoms with Crippen LogP contribution in [0.5, 0.6) is 11.6 Å². The lowest BCUT2D eigenvalue weighted by Crippen LogP contribution is -2.49. The van der Waals surface area contributed by atoms with E-state index in [0.29, 0.717) is 29.3 Å². The molecule has 1 aliphatic rings. The summed E-state index contributed by atoms with van der Waals surface area (Å²) in [6.45, 7) is 7.89. The molecular formula is C27H27N5O2.